The zero-order valence-electron chi connectivity index (χ0n) is 35.9. The van der Waals surface area contributed by atoms with E-state index in [9.17, 15) is 0 Å². The molecule has 0 saturated heterocycles. The molecule has 0 unspecified atom stereocenters. The molecule has 2 heterocycles. The van der Waals surface area contributed by atoms with Crippen molar-refractivity contribution < 1.29 is 0 Å². The fourth-order valence-corrected chi connectivity index (χ4v) is 11.4. The largest absolute Gasteiger partial charge is 0.310 e. The monoisotopic (exact) mass is 840 g/mol. The van der Waals surface area contributed by atoms with Crippen LogP contribution in [0.15, 0.2) is 243 Å². The Kier molecular flexibility index (Phi) is 7.87. The lowest BCUT2D eigenvalue weighted by molar-refractivity contribution is 0.793. The summed E-state index contributed by atoms with van der Waals surface area (Å²) in [5, 5.41) is 0. The van der Waals surface area contributed by atoms with Gasteiger partial charge in [-0.15, -0.1) is 0 Å². The van der Waals surface area contributed by atoms with E-state index in [4.69, 9.17) is 4.98 Å². The Balaban J connectivity index is 1.01. The van der Waals surface area contributed by atoms with Gasteiger partial charge >= 0.3 is 0 Å². The molecule has 308 valence electrons. The number of aromatic nitrogens is 3. The van der Waals surface area contributed by atoms with E-state index in [-0.39, 0.29) is 0 Å². The molecule has 1 spiro atoms. The molecule has 2 aromatic heterocycles. The van der Waals surface area contributed by atoms with Crippen LogP contribution in [-0.4, -0.2) is 14.0 Å². The number of hydrogen-bond donors (Lipinski definition) is 0. The van der Waals surface area contributed by atoms with Gasteiger partial charge in [-0.3, -0.25) is 8.97 Å². The van der Waals surface area contributed by atoms with Gasteiger partial charge in [-0.1, -0.05) is 176 Å². The van der Waals surface area contributed by atoms with E-state index in [2.05, 4.69) is 257 Å². The van der Waals surface area contributed by atoms with Gasteiger partial charge in [0, 0.05) is 22.6 Å². The molecule has 0 N–H and O–H groups in total. The minimum atomic E-state index is -0.465. The second-order valence-electron chi connectivity index (χ2n) is 17.5. The van der Waals surface area contributed by atoms with Crippen LogP contribution in [0.2, 0.25) is 0 Å². The minimum absolute atomic E-state index is 0.465. The second kappa shape index (κ2) is 14.1. The summed E-state index contributed by atoms with van der Waals surface area (Å²) in [5.74, 6) is 0.895. The topological polar surface area (TPSA) is 25.5 Å². The van der Waals surface area contributed by atoms with Crippen LogP contribution in [0, 0.1) is 0 Å². The third-order valence-electron chi connectivity index (χ3n) is 14.1. The normalized spacial score (nSPS) is 13.0. The summed E-state index contributed by atoms with van der Waals surface area (Å²) in [6.45, 7) is 0. The fourth-order valence-electron chi connectivity index (χ4n) is 11.4. The highest BCUT2D eigenvalue weighted by molar-refractivity contribution is 5.99. The Morgan fingerprint density at radius 2 is 0.879 bits per heavy atom. The van der Waals surface area contributed by atoms with E-state index in [1.165, 1.54) is 55.6 Å². The maximum atomic E-state index is 5.20. The van der Waals surface area contributed by atoms with Crippen molar-refractivity contribution in [1.82, 2.24) is 14.0 Å². The molecule has 0 amide bonds. The predicted molar refractivity (Wildman–Crippen MR) is 271 cm³/mol. The molecule has 0 radical (unpaired) electrons. The van der Waals surface area contributed by atoms with E-state index >= 15 is 0 Å². The number of nitrogens with zero attached hydrogens (tertiary/aromatic N) is 4. The summed E-state index contributed by atoms with van der Waals surface area (Å²) in [5.41, 5.74) is 23.3. The van der Waals surface area contributed by atoms with Gasteiger partial charge in [-0.05, 0) is 128 Å². The van der Waals surface area contributed by atoms with Crippen molar-refractivity contribution in [3.8, 4) is 50.2 Å². The van der Waals surface area contributed by atoms with Crippen LogP contribution in [0.3, 0.4) is 0 Å². The SMILES string of the molecule is c1ccc(-c2ccc(N(c3ccc4c(c3)C3(c5ccccc5-c5ccccc53)c3ccccc3-4)c3ccccc3-c3ccc4c(c3)n3c5ccccc5nc3n4-c3ccccc3)cc2)cc1. The Morgan fingerprint density at radius 1 is 0.348 bits per heavy atom. The lowest BCUT2D eigenvalue weighted by Crippen LogP contribution is -2.26. The standard InChI is InChI=1S/C62H40N4/c1-3-17-41(18-4-1)42-31-34-45(35-32-42)64(46-36-37-51-50-24-9-13-27-54(50)62(55(51)40-46)52-25-11-7-22-48(52)49-23-8-12-26-53(49)62)57-29-15-10-21-47(57)43-33-38-59-60(39-43)66-58-30-16-14-28-56(58)63-61(66)65(59)44-19-5-2-6-20-44/h1-40H. The fraction of sp³-hybridized carbons (Fsp3) is 0.0161. The first-order chi connectivity index (χ1) is 32.8. The van der Waals surface area contributed by atoms with Crippen molar-refractivity contribution >= 4 is 44.9 Å². The summed E-state index contributed by atoms with van der Waals surface area (Å²) in [6, 6.07) is 88.8. The van der Waals surface area contributed by atoms with Gasteiger partial charge in [-0.2, -0.15) is 0 Å². The smallest absolute Gasteiger partial charge is 0.220 e. The molecule has 4 heteroatoms. The van der Waals surface area contributed by atoms with Gasteiger partial charge in [0.2, 0.25) is 5.78 Å². The molecule has 66 heavy (non-hydrogen) atoms. The molecule has 10 aromatic carbocycles. The molecule has 4 nitrogen and oxygen atoms in total. The maximum absolute atomic E-state index is 5.20. The van der Waals surface area contributed by atoms with Gasteiger partial charge in [0.1, 0.15) is 0 Å². The quantitative estimate of drug-likeness (QED) is 0.167. The van der Waals surface area contributed by atoms with E-state index in [0.29, 0.717) is 0 Å². The highest BCUT2D eigenvalue weighted by atomic mass is 15.2. The third kappa shape index (κ3) is 5.12. The molecule has 0 aliphatic heterocycles. The zero-order valence-corrected chi connectivity index (χ0v) is 35.9. The van der Waals surface area contributed by atoms with Crippen molar-refractivity contribution in [3.63, 3.8) is 0 Å². The van der Waals surface area contributed by atoms with Crippen LogP contribution in [0.5, 0.6) is 0 Å². The number of benzene rings is 10. The van der Waals surface area contributed by atoms with Crippen molar-refractivity contribution in [2.24, 2.45) is 0 Å². The predicted octanol–water partition coefficient (Wildman–Crippen LogP) is 15.6. The molecule has 0 saturated carbocycles. The van der Waals surface area contributed by atoms with Crippen molar-refractivity contribution in [3.05, 3.63) is 265 Å². The molecule has 2 aliphatic rings. The van der Waals surface area contributed by atoms with Gasteiger partial charge in [0.05, 0.1) is 33.2 Å². The number of hydrogen-bond acceptors (Lipinski definition) is 2. The Bertz CT molecular complexity index is 3810. The first-order valence-corrected chi connectivity index (χ1v) is 22.7. The number of para-hydroxylation sites is 4. The van der Waals surface area contributed by atoms with Crippen LogP contribution in [0.4, 0.5) is 17.1 Å². The van der Waals surface area contributed by atoms with E-state index in [1.807, 2.05) is 0 Å². The molecule has 0 bridgehead atoms. The highest BCUT2D eigenvalue weighted by Crippen LogP contribution is 2.63. The summed E-state index contributed by atoms with van der Waals surface area (Å²) < 4.78 is 4.60. The average molecular weight is 841 g/mol. The molecule has 12 aromatic rings. The summed E-state index contributed by atoms with van der Waals surface area (Å²) >= 11 is 0. The van der Waals surface area contributed by atoms with Crippen LogP contribution in [-0.2, 0) is 5.41 Å². The third-order valence-corrected chi connectivity index (χ3v) is 14.1. The Hall–Kier alpha value is -8.73. The zero-order chi connectivity index (χ0) is 43.3. The first kappa shape index (κ1) is 36.7. The van der Waals surface area contributed by atoms with E-state index in [1.54, 1.807) is 0 Å². The number of rotatable bonds is 6. The number of imidazole rings is 2. The van der Waals surface area contributed by atoms with Gasteiger partial charge in [0.15, 0.2) is 0 Å². The molecule has 2 aliphatic carbocycles. The van der Waals surface area contributed by atoms with Crippen LogP contribution in [0.25, 0.3) is 78.0 Å². The average Bonchev–Trinajstić information content (AvgIpc) is 4.10. The Labute approximate surface area is 382 Å². The molecular weight excluding hydrogens is 801 g/mol. The summed E-state index contributed by atoms with van der Waals surface area (Å²) in [4.78, 5) is 7.67. The summed E-state index contributed by atoms with van der Waals surface area (Å²) in [7, 11) is 0. The summed E-state index contributed by atoms with van der Waals surface area (Å²) in [6.07, 6.45) is 0. The van der Waals surface area contributed by atoms with Crippen LogP contribution < -0.4 is 4.90 Å². The molecule has 0 fully saturated rings. The van der Waals surface area contributed by atoms with Crippen molar-refractivity contribution in [2.75, 3.05) is 4.90 Å². The van der Waals surface area contributed by atoms with Crippen LogP contribution >= 0.6 is 0 Å². The molecular formula is C62H40N4. The van der Waals surface area contributed by atoms with Gasteiger partial charge in [-0.25, -0.2) is 4.98 Å². The molecule has 14 rings (SSSR count). The van der Waals surface area contributed by atoms with Gasteiger partial charge in [0.25, 0.3) is 0 Å². The lowest BCUT2D eigenvalue weighted by Gasteiger charge is -2.32. The Morgan fingerprint density at radius 3 is 1.58 bits per heavy atom. The van der Waals surface area contributed by atoms with Crippen molar-refractivity contribution in [1.29, 1.82) is 0 Å². The van der Waals surface area contributed by atoms with E-state index < -0.39 is 5.41 Å². The maximum Gasteiger partial charge on any atom is 0.220 e. The second-order valence-corrected chi connectivity index (χ2v) is 17.5. The number of fused-ring (bicyclic) bond motifs is 15. The van der Waals surface area contributed by atoms with E-state index in [0.717, 1.165) is 61.7 Å². The highest BCUT2D eigenvalue weighted by Gasteiger charge is 2.51. The minimum Gasteiger partial charge on any atom is -0.310 e. The van der Waals surface area contributed by atoms with Gasteiger partial charge < -0.3 is 4.90 Å². The molecule has 0 atom stereocenters. The van der Waals surface area contributed by atoms with Crippen molar-refractivity contribution in [2.45, 2.75) is 5.41 Å². The van der Waals surface area contributed by atoms with Crippen LogP contribution in [0.1, 0.15) is 22.3 Å². The number of anilines is 3. The lowest BCUT2D eigenvalue weighted by atomic mass is 9.70. The first-order valence-electron chi connectivity index (χ1n) is 22.7.